The SMILES string of the molecule is CC(CO)CNCc1ccccc1C(N)=NO. The Morgan fingerprint density at radius 3 is 2.82 bits per heavy atom. The zero-order valence-corrected chi connectivity index (χ0v) is 9.93. The summed E-state index contributed by atoms with van der Waals surface area (Å²) >= 11 is 0. The molecule has 0 heterocycles. The van der Waals surface area contributed by atoms with Gasteiger partial charge < -0.3 is 21.4 Å². The van der Waals surface area contributed by atoms with E-state index in [4.69, 9.17) is 16.0 Å². The molecule has 5 heteroatoms. The van der Waals surface area contributed by atoms with Crippen LogP contribution in [0.25, 0.3) is 0 Å². The van der Waals surface area contributed by atoms with Crippen LogP contribution in [0, 0.1) is 5.92 Å². The van der Waals surface area contributed by atoms with Crippen molar-refractivity contribution in [2.75, 3.05) is 13.2 Å². The third-order valence-electron chi connectivity index (χ3n) is 2.52. The average Bonchev–Trinajstić information content (AvgIpc) is 2.38. The van der Waals surface area contributed by atoms with Gasteiger partial charge in [0.1, 0.15) is 0 Å². The molecule has 1 unspecified atom stereocenters. The largest absolute Gasteiger partial charge is 0.409 e. The molecule has 0 saturated heterocycles. The number of aliphatic hydroxyl groups is 1. The van der Waals surface area contributed by atoms with Crippen LogP contribution in [0.3, 0.4) is 0 Å². The number of oxime groups is 1. The van der Waals surface area contributed by atoms with Crippen LogP contribution in [-0.4, -0.2) is 29.3 Å². The molecule has 0 aliphatic heterocycles. The Hall–Kier alpha value is -1.59. The number of hydrogen-bond donors (Lipinski definition) is 4. The number of amidine groups is 1. The van der Waals surface area contributed by atoms with Gasteiger partial charge in [-0.1, -0.05) is 36.3 Å². The quantitative estimate of drug-likeness (QED) is 0.251. The summed E-state index contributed by atoms with van der Waals surface area (Å²) < 4.78 is 0. The Morgan fingerprint density at radius 1 is 1.47 bits per heavy atom. The number of nitrogens with two attached hydrogens (primary N) is 1. The van der Waals surface area contributed by atoms with Crippen molar-refractivity contribution in [3.05, 3.63) is 35.4 Å². The molecule has 0 saturated carbocycles. The van der Waals surface area contributed by atoms with Crippen LogP contribution < -0.4 is 11.1 Å². The first-order valence-electron chi connectivity index (χ1n) is 5.56. The number of benzene rings is 1. The molecule has 0 amide bonds. The highest BCUT2D eigenvalue weighted by molar-refractivity contribution is 5.98. The summed E-state index contributed by atoms with van der Waals surface area (Å²) in [6.07, 6.45) is 0. The monoisotopic (exact) mass is 237 g/mol. The molecular formula is C12H19N3O2. The molecule has 1 aromatic rings. The van der Waals surface area contributed by atoms with Crippen molar-refractivity contribution in [1.29, 1.82) is 0 Å². The van der Waals surface area contributed by atoms with E-state index in [1.807, 2.05) is 31.2 Å². The van der Waals surface area contributed by atoms with Crippen molar-refractivity contribution in [3.8, 4) is 0 Å². The molecule has 17 heavy (non-hydrogen) atoms. The van der Waals surface area contributed by atoms with Gasteiger partial charge in [0.2, 0.25) is 0 Å². The molecule has 0 aliphatic rings. The Balaban J connectivity index is 2.64. The number of nitrogens with one attached hydrogen (secondary N) is 1. The Labute approximate surface area is 101 Å². The first-order valence-corrected chi connectivity index (χ1v) is 5.56. The third-order valence-corrected chi connectivity index (χ3v) is 2.52. The zero-order chi connectivity index (χ0) is 12.7. The van der Waals surface area contributed by atoms with Crippen LogP contribution in [0.5, 0.6) is 0 Å². The van der Waals surface area contributed by atoms with Crippen molar-refractivity contribution in [2.24, 2.45) is 16.8 Å². The van der Waals surface area contributed by atoms with E-state index in [-0.39, 0.29) is 18.4 Å². The molecule has 94 valence electrons. The van der Waals surface area contributed by atoms with Crippen molar-refractivity contribution in [3.63, 3.8) is 0 Å². The van der Waals surface area contributed by atoms with Crippen LogP contribution in [0.1, 0.15) is 18.1 Å². The van der Waals surface area contributed by atoms with Gasteiger partial charge in [-0.15, -0.1) is 0 Å². The van der Waals surface area contributed by atoms with Crippen molar-refractivity contribution in [2.45, 2.75) is 13.5 Å². The molecule has 0 aromatic heterocycles. The van der Waals surface area contributed by atoms with Gasteiger partial charge in [0.15, 0.2) is 5.84 Å². The van der Waals surface area contributed by atoms with E-state index in [1.54, 1.807) is 0 Å². The van der Waals surface area contributed by atoms with E-state index >= 15 is 0 Å². The van der Waals surface area contributed by atoms with Gasteiger partial charge in [-0.05, 0) is 11.5 Å². The maximum absolute atomic E-state index is 8.90. The minimum atomic E-state index is 0.109. The molecule has 0 bridgehead atoms. The van der Waals surface area contributed by atoms with E-state index in [0.29, 0.717) is 6.54 Å². The number of hydrogen-bond acceptors (Lipinski definition) is 4. The van der Waals surface area contributed by atoms with Crippen LogP contribution >= 0.6 is 0 Å². The predicted molar refractivity (Wildman–Crippen MR) is 66.9 cm³/mol. The molecule has 1 atom stereocenters. The van der Waals surface area contributed by atoms with Crippen LogP contribution in [0.4, 0.5) is 0 Å². The molecular weight excluding hydrogens is 218 g/mol. The van der Waals surface area contributed by atoms with E-state index in [1.165, 1.54) is 0 Å². The van der Waals surface area contributed by atoms with Crippen LogP contribution in [0.15, 0.2) is 29.4 Å². The second kappa shape index (κ2) is 6.88. The van der Waals surface area contributed by atoms with Gasteiger partial charge in [-0.25, -0.2) is 0 Å². The second-order valence-electron chi connectivity index (χ2n) is 4.06. The Morgan fingerprint density at radius 2 is 2.18 bits per heavy atom. The van der Waals surface area contributed by atoms with Crippen molar-refractivity contribution < 1.29 is 10.3 Å². The minimum absolute atomic E-state index is 0.109. The molecule has 0 fully saturated rings. The lowest BCUT2D eigenvalue weighted by atomic mass is 10.1. The molecule has 0 spiro atoms. The van der Waals surface area contributed by atoms with Gasteiger partial charge in [0.05, 0.1) is 0 Å². The van der Waals surface area contributed by atoms with Crippen molar-refractivity contribution >= 4 is 5.84 Å². The maximum atomic E-state index is 8.90. The lowest BCUT2D eigenvalue weighted by molar-refractivity contribution is 0.233. The molecule has 1 rings (SSSR count). The summed E-state index contributed by atoms with van der Waals surface area (Å²) in [4.78, 5) is 0. The van der Waals surface area contributed by atoms with Crippen LogP contribution in [-0.2, 0) is 6.54 Å². The molecule has 1 aromatic carbocycles. The Kier molecular flexibility index (Phi) is 5.45. The average molecular weight is 237 g/mol. The van der Waals surface area contributed by atoms with Gasteiger partial charge >= 0.3 is 0 Å². The maximum Gasteiger partial charge on any atom is 0.170 e. The fraction of sp³-hybridized carbons (Fsp3) is 0.417. The predicted octanol–water partition coefficient (Wildman–Crippen LogP) is 0.499. The Bertz CT molecular complexity index is 380. The first-order chi connectivity index (χ1) is 8.19. The van der Waals surface area contributed by atoms with E-state index < -0.39 is 0 Å². The summed E-state index contributed by atoms with van der Waals surface area (Å²) in [5.74, 6) is 0.323. The summed E-state index contributed by atoms with van der Waals surface area (Å²) in [6.45, 7) is 3.47. The summed E-state index contributed by atoms with van der Waals surface area (Å²) in [6, 6.07) is 7.47. The number of rotatable bonds is 6. The van der Waals surface area contributed by atoms with E-state index in [2.05, 4.69) is 10.5 Å². The lowest BCUT2D eigenvalue weighted by Crippen LogP contribution is -2.24. The smallest absolute Gasteiger partial charge is 0.170 e. The van der Waals surface area contributed by atoms with Gasteiger partial charge in [-0.2, -0.15) is 0 Å². The molecule has 0 aliphatic carbocycles. The molecule has 5 nitrogen and oxygen atoms in total. The normalized spacial score (nSPS) is 13.6. The first kappa shape index (κ1) is 13.5. The summed E-state index contributed by atoms with van der Waals surface area (Å²) in [5.41, 5.74) is 7.27. The molecule has 0 radical (unpaired) electrons. The van der Waals surface area contributed by atoms with Crippen molar-refractivity contribution in [1.82, 2.24) is 5.32 Å². The van der Waals surface area contributed by atoms with Gasteiger partial charge in [0.25, 0.3) is 0 Å². The number of aliphatic hydroxyl groups excluding tert-OH is 1. The highest BCUT2D eigenvalue weighted by Crippen LogP contribution is 2.08. The summed E-state index contributed by atoms with van der Waals surface area (Å²) in [7, 11) is 0. The summed E-state index contributed by atoms with van der Waals surface area (Å²) in [5, 5.41) is 23.8. The van der Waals surface area contributed by atoms with Gasteiger partial charge in [0, 0.05) is 25.3 Å². The third kappa shape index (κ3) is 4.05. The fourth-order valence-electron chi connectivity index (χ4n) is 1.50. The van der Waals surface area contributed by atoms with E-state index in [9.17, 15) is 0 Å². The number of nitrogens with zero attached hydrogens (tertiary/aromatic N) is 1. The lowest BCUT2D eigenvalue weighted by Gasteiger charge is -2.12. The topological polar surface area (TPSA) is 90.9 Å². The standard InChI is InChI=1S/C12H19N3O2/c1-9(8-16)6-14-7-10-4-2-3-5-11(10)12(13)15-17/h2-5,9,14,16-17H,6-8H2,1H3,(H2,13,15). The van der Waals surface area contributed by atoms with Gasteiger partial charge in [-0.3, -0.25) is 0 Å². The fourth-order valence-corrected chi connectivity index (χ4v) is 1.50. The molecule has 5 N–H and O–H groups in total. The van der Waals surface area contributed by atoms with E-state index in [0.717, 1.165) is 17.7 Å². The minimum Gasteiger partial charge on any atom is -0.409 e. The zero-order valence-electron chi connectivity index (χ0n) is 9.93. The highest BCUT2D eigenvalue weighted by Gasteiger charge is 2.06. The highest BCUT2D eigenvalue weighted by atomic mass is 16.4. The van der Waals surface area contributed by atoms with Crippen LogP contribution in [0.2, 0.25) is 0 Å². The second-order valence-corrected chi connectivity index (χ2v) is 4.06.